The lowest BCUT2D eigenvalue weighted by atomic mass is 9.88. The summed E-state index contributed by atoms with van der Waals surface area (Å²) in [5.41, 5.74) is 2.06. The predicted octanol–water partition coefficient (Wildman–Crippen LogP) is 2.40. The highest BCUT2D eigenvalue weighted by molar-refractivity contribution is 5.85. The molecule has 2 unspecified atom stereocenters. The first-order valence-electron chi connectivity index (χ1n) is 5.62. The lowest BCUT2D eigenvalue weighted by Gasteiger charge is -2.27. The molecule has 0 aliphatic carbocycles. The zero-order valence-electron chi connectivity index (χ0n) is 9.32. The summed E-state index contributed by atoms with van der Waals surface area (Å²) in [6.45, 7) is 1.36. The zero-order chi connectivity index (χ0) is 11.0. The van der Waals surface area contributed by atoms with Gasteiger partial charge in [-0.05, 0) is 24.6 Å². The maximum absolute atomic E-state index is 13.8. The van der Waals surface area contributed by atoms with Gasteiger partial charge in [-0.15, -0.1) is 12.4 Å². The van der Waals surface area contributed by atoms with Crippen molar-refractivity contribution < 1.29 is 4.39 Å². The number of aromatic nitrogens is 2. The maximum atomic E-state index is 13.8. The van der Waals surface area contributed by atoms with Crippen LogP contribution in [0, 0.1) is 0 Å². The zero-order valence-corrected chi connectivity index (χ0v) is 10.1. The number of halogens is 2. The molecule has 1 aromatic carbocycles. The van der Waals surface area contributed by atoms with Gasteiger partial charge in [0.2, 0.25) is 0 Å². The Balaban J connectivity index is 0.00000108. The molecule has 0 spiro atoms. The van der Waals surface area contributed by atoms with E-state index in [1.807, 2.05) is 18.2 Å². The molecule has 1 aliphatic rings. The Bertz CT molecular complexity index is 499. The van der Waals surface area contributed by atoms with Crippen molar-refractivity contribution in [1.29, 1.82) is 0 Å². The third-order valence-corrected chi connectivity index (χ3v) is 3.30. The number of nitrogens with zero attached hydrogens (tertiary/aromatic N) is 1. The number of hydrogen-bond donors (Lipinski definition) is 2. The molecule has 92 valence electrons. The lowest BCUT2D eigenvalue weighted by molar-refractivity contribution is 0.231. The van der Waals surface area contributed by atoms with Gasteiger partial charge in [0.25, 0.3) is 0 Å². The van der Waals surface area contributed by atoms with E-state index in [0.29, 0.717) is 6.54 Å². The lowest BCUT2D eigenvalue weighted by Crippen LogP contribution is -2.36. The Kier molecular flexibility index (Phi) is 3.64. The van der Waals surface area contributed by atoms with E-state index in [1.165, 1.54) is 0 Å². The molecule has 2 heterocycles. The van der Waals surface area contributed by atoms with Crippen molar-refractivity contribution in [2.75, 3.05) is 13.1 Å². The molecule has 3 nitrogen and oxygen atoms in total. The molecule has 2 N–H and O–H groups in total. The molecule has 1 aliphatic heterocycles. The molecule has 0 saturated carbocycles. The van der Waals surface area contributed by atoms with Gasteiger partial charge >= 0.3 is 0 Å². The van der Waals surface area contributed by atoms with Crippen LogP contribution in [0.2, 0.25) is 0 Å². The molecule has 1 fully saturated rings. The summed E-state index contributed by atoms with van der Waals surface area (Å²) in [5, 5.41) is 11.0. The summed E-state index contributed by atoms with van der Waals surface area (Å²) in [7, 11) is 0. The normalized spacial score (nSPS) is 24.5. The fraction of sp³-hybridized carbons (Fsp3) is 0.417. The van der Waals surface area contributed by atoms with Crippen molar-refractivity contribution in [2.45, 2.75) is 18.5 Å². The van der Waals surface area contributed by atoms with Crippen LogP contribution < -0.4 is 5.32 Å². The van der Waals surface area contributed by atoms with Crippen molar-refractivity contribution in [1.82, 2.24) is 15.5 Å². The van der Waals surface area contributed by atoms with Gasteiger partial charge in [-0.2, -0.15) is 5.10 Å². The highest BCUT2D eigenvalue weighted by Crippen LogP contribution is 2.29. The minimum absolute atomic E-state index is 0. The summed E-state index contributed by atoms with van der Waals surface area (Å²) in [4.78, 5) is 0. The van der Waals surface area contributed by atoms with Crippen LogP contribution in [0.3, 0.4) is 0 Å². The van der Waals surface area contributed by atoms with E-state index in [9.17, 15) is 4.39 Å². The van der Waals surface area contributed by atoms with Crippen LogP contribution in [0.15, 0.2) is 24.4 Å². The second-order valence-corrected chi connectivity index (χ2v) is 4.33. The molecule has 0 bridgehead atoms. The molecule has 3 rings (SSSR count). The van der Waals surface area contributed by atoms with Crippen molar-refractivity contribution in [3.05, 3.63) is 30.0 Å². The molecular formula is C12H15ClFN3. The Hall–Kier alpha value is -1.13. The van der Waals surface area contributed by atoms with Crippen LogP contribution in [0.25, 0.3) is 10.9 Å². The number of H-pyrrole nitrogens is 1. The first-order chi connectivity index (χ1) is 7.84. The van der Waals surface area contributed by atoms with E-state index in [2.05, 4.69) is 15.5 Å². The fourth-order valence-corrected chi connectivity index (χ4v) is 2.38. The van der Waals surface area contributed by atoms with Gasteiger partial charge in [-0.3, -0.25) is 5.10 Å². The highest BCUT2D eigenvalue weighted by atomic mass is 35.5. The van der Waals surface area contributed by atoms with Gasteiger partial charge in [0.1, 0.15) is 6.17 Å². The number of piperidine rings is 1. The van der Waals surface area contributed by atoms with E-state index in [0.717, 1.165) is 29.4 Å². The van der Waals surface area contributed by atoms with E-state index < -0.39 is 6.17 Å². The van der Waals surface area contributed by atoms with E-state index in [4.69, 9.17) is 0 Å². The quantitative estimate of drug-likeness (QED) is 0.822. The molecule has 17 heavy (non-hydrogen) atoms. The number of aromatic amines is 1. The van der Waals surface area contributed by atoms with Gasteiger partial charge in [0, 0.05) is 17.8 Å². The SMILES string of the molecule is Cl.FC1CNCCC1c1ccc2cn[nH]c2c1. The molecule has 0 radical (unpaired) electrons. The summed E-state index contributed by atoms with van der Waals surface area (Å²) in [5.74, 6) is 0.0222. The maximum Gasteiger partial charge on any atom is 0.119 e. The number of alkyl halides is 1. The Morgan fingerprint density at radius 2 is 2.24 bits per heavy atom. The smallest absolute Gasteiger partial charge is 0.119 e. The summed E-state index contributed by atoms with van der Waals surface area (Å²) in [6, 6.07) is 6.04. The monoisotopic (exact) mass is 255 g/mol. The second-order valence-electron chi connectivity index (χ2n) is 4.33. The molecular weight excluding hydrogens is 241 g/mol. The third kappa shape index (κ3) is 2.28. The average Bonchev–Trinajstić information content (AvgIpc) is 2.76. The van der Waals surface area contributed by atoms with Crippen LogP contribution >= 0.6 is 12.4 Å². The molecule has 1 saturated heterocycles. The summed E-state index contributed by atoms with van der Waals surface area (Å²) < 4.78 is 13.8. The first kappa shape index (κ1) is 12.3. The minimum Gasteiger partial charge on any atom is -0.314 e. The van der Waals surface area contributed by atoms with Crippen LogP contribution in [-0.2, 0) is 0 Å². The Morgan fingerprint density at radius 3 is 3.06 bits per heavy atom. The number of hydrogen-bond acceptors (Lipinski definition) is 2. The van der Waals surface area contributed by atoms with Crippen molar-refractivity contribution in [2.24, 2.45) is 0 Å². The van der Waals surface area contributed by atoms with Gasteiger partial charge in [-0.1, -0.05) is 12.1 Å². The number of benzene rings is 1. The first-order valence-corrected chi connectivity index (χ1v) is 5.62. The molecule has 2 aromatic rings. The van der Waals surface area contributed by atoms with Gasteiger partial charge in [0.05, 0.1) is 11.7 Å². The number of rotatable bonds is 1. The molecule has 2 atom stereocenters. The summed E-state index contributed by atoms with van der Waals surface area (Å²) >= 11 is 0. The van der Waals surface area contributed by atoms with Crippen LogP contribution in [-0.4, -0.2) is 29.5 Å². The minimum atomic E-state index is -0.783. The van der Waals surface area contributed by atoms with E-state index >= 15 is 0 Å². The van der Waals surface area contributed by atoms with E-state index in [1.54, 1.807) is 6.20 Å². The Labute approximate surface area is 105 Å². The number of nitrogens with one attached hydrogen (secondary N) is 2. The number of fused-ring (bicyclic) bond motifs is 1. The van der Waals surface area contributed by atoms with Crippen LogP contribution in [0.1, 0.15) is 17.9 Å². The van der Waals surface area contributed by atoms with Crippen LogP contribution in [0.5, 0.6) is 0 Å². The van der Waals surface area contributed by atoms with Crippen molar-refractivity contribution in [3.63, 3.8) is 0 Å². The molecule has 1 aromatic heterocycles. The van der Waals surface area contributed by atoms with Crippen LogP contribution in [0.4, 0.5) is 4.39 Å². The van der Waals surface area contributed by atoms with Crippen molar-refractivity contribution >= 4 is 23.3 Å². The highest BCUT2D eigenvalue weighted by Gasteiger charge is 2.26. The Morgan fingerprint density at radius 1 is 1.35 bits per heavy atom. The topological polar surface area (TPSA) is 40.7 Å². The average molecular weight is 256 g/mol. The molecule has 0 amide bonds. The van der Waals surface area contributed by atoms with E-state index in [-0.39, 0.29) is 18.3 Å². The van der Waals surface area contributed by atoms with Crippen molar-refractivity contribution in [3.8, 4) is 0 Å². The summed E-state index contributed by atoms with van der Waals surface area (Å²) in [6.07, 6.45) is 1.86. The van der Waals surface area contributed by atoms with Gasteiger partial charge in [-0.25, -0.2) is 4.39 Å². The van der Waals surface area contributed by atoms with Gasteiger partial charge < -0.3 is 5.32 Å². The largest absolute Gasteiger partial charge is 0.314 e. The standard InChI is InChI=1S/C12H14FN3.ClH/c13-11-7-14-4-3-10(11)8-1-2-9-6-15-16-12(9)5-8;/h1-2,5-6,10-11,14H,3-4,7H2,(H,15,16);1H. The molecule has 5 heteroatoms. The van der Waals surface area contributed by atoms with Gasteiger partial charge in [0.15, 0.2) is 0 Å². The fourth-order valence-electron chi connectivity index (χ4n) is 2.38. The third-order valence-electron chi connectivity index (χ3n) is 3.30. The predicted molar refractivity (Wildman–Crippen MR) is 68.5 cm³/mol. The second kappa shape index (κ2) is 5.02.